The summed E-state index contributed by atoms with van der Waals surface area (Å²) < 4.78 is 5.49. The third-order valence-corrected chi connectivity index (χ3v) is 5.59. The first-order chi connectivity index (χ1) is 11.2. The third kappa shape index (κ3) is 5.44. The molecule has 0 aliphatic carbocycles. The van der Waals surface area contributed by atoms with E-state index in [0.717, 1.165) is 52.2 Å². The van der Waals surface area contributed by atoms with Gasteiger partial charge >= 0.3 is 0 Å². The zero-order valence-corrected chi connectivity index (χ0v) is 15.1. The van der Waals surface area contributed by atoms with Crippen molar-refractivity contribution in [2.75, 3.05) is 39.4 Å². The SMILES string of the molecule is CCC(CC)C(CNC(=O)[C@H]1CCN[C@@H](C)C1)N1CCOCC1. The lowest BCUT2D eigenvalue weighted by Gasteiger charge is -2.39. The van der Waals surface area contributed by atoms with Crippen LogP contribution in [0.25, 0.3) is 0 Å². The van der Waals surface area contributed by atoms with Crippen molar-refractivity contribution < 1.29 is 9.53 Å². The van der Waals surface area contributed by atoms with Crippen molar-refractivity contribution in [2.45, 2.75) is 58.5 Å². The predicted molar refractivity (Wildman–Crippen MR) is 93.5 cm³/mol. The van der Waals surface area contributed by atoms with Crippen LogP contribution in [0.15, 0.2) is 0 Å². The van der Waals surface area contributed by atoms with Gasteiger partial charge in [0, 0.05) is 37.6 Å². The fourth-order valence-corrected chi connectivity index (χ4v) is 4.06. The topological polar surface area (TPSA) is 53.6 Å². The molecule has 0 aromatic carbocycles. The van der Waals surface area contributed by atoms with Gasteiger partial charge in [-0.15, -0.1) is 0 Å². The Kier molecular flexibility index (Phi) is 7.80. The van der Waals surface area contributed by atoms with Crippen molar-refractivity contribution in [1.82, 2.24) is 15.5 Å². The molecule has 2 fully saturated rings. The number of ether oxygens (including phenoxy) is 1. The molecule has 2 N–H and O–H groups in total. The van der Waals surface area contributed by atoms with E-state index < -0.39 is 0 Å². The summed E-state index contributed by atoms with van der Waals surface area (Å²) in [5, 5.41) is 6.69. The first-order valence-electron chi connectivity index (χ1n) is 9.48. The minimum absolute atomic E-state index is 0.179. The van der Waals surface area contributed by atoms with Gasteiger partial charge in [-0.2, -0.15) is 0 Å². The highest BCUT2D eigenvalue weighted by atomic mass is 16.5. The highest BCUT2D eigenvalue weighted by Gasteiger charge is 2.29. The molecule has 0 radical (unpaired) electrons. The molecule has 2 saturated heterocycles. The van der Waals surface area contributed by atoms with E-state index in [2.05, 4.69) is 36.3 Å². The van der Waals surface area contributed by atoms with Crippen molar-refractivity contribution in [2.24, 2.45) is 11.8 Å². The average Bonchev–Trinajstić information content (AvgIpc) is 2.59. The van der Waals surface area contributed by atoms with Crippen molar-refractivity contribution in [3.05, 3.63) is 0 Å². The number of rotatable bonds is 7. The van der Waals surface area contributed by atoms with Crippen LogP contribution >= 0.6 is 0 Å². The fraction of sp³-hybridized carbons (Fsp3) is 0.944. The second-order valence-electron chi connectivity index (χ2n) is 7.11. The highest BCUT2D eigenvalue weighted by Crippen LogP contribution is 2.21. The monoisotopic (exact) mass is 325 g/mol. The molecule has 0 spiro atoms. The zero-order valence-electron chi connectivity index (χ0n) is 15.1. The molecule has 1 unspecified atom stereocenters. The van der Waals surface area contributed by atoms with E-state index >= 15 is 0 Å². The van der Waals surface area contributed by atoms with E-state index in [4.69, 9.17) is 4.74 Å². The summed E-state index contributed by atoms with van der Waals surface area (Å²) in [5.74, 6) is 1.07. The standard InChI is InChI=1S/C18H35N3O2/c1-4-15(5-2)17(21-8-10-23-11-9-21)13-20-18(22)16-6-7-19-14(3)12-16/h14-17,19H,4-13H2,1-3H3,(H,20,22)/t14-,16-,17?/m0/s1. The quantitative estimate of drug-likeness (QED) is 0.747. The molecule has 2 aliphatic rings. The molecule has 2 rings (SSSR count). The number of nitrogens with one attached hydrogen (secondary N) is 2. The molecule has 0 aromatic heterocycles. The normalized spacial score (nSPS) is 27.8. The summed E-state index contributed by atoms with van der Waals surface area (Å²) in [6.45, 7) is 12.0. The van der Waals surface area contributed by atoms with Crippen molar-refractivity contribution in [1.29, 1.82) is 0 Å². The fourth-order valence-electron chi connectivity index (χ4n) is 4.06. The third-order valence-electron chi connectivity index (χ3n) is 5.59. The average molecular weight is 325 g/mol. The molecule has 0 bridgehead atoms. The summed E-state index contributed by atoms with van der Waals surface area (Å²) in [6.07, 6.45) is 4.25. The molecule has 3 atom stereocenters. The molecule has 134 valence electrons. The molecule has 0 aromatic rings. The Labute approximate surface area is 141 Å². The van der Waals surface area contributed by atoms with Crippen LogP contribution in [0.5, 0.6) is 0 Å². The van der Waals surface area contributed by atoms with Gasteiger partial charge in [-0.1, -0.05) is 26.7 Å². The molecule has 0 saturated carbocycles. The van der Waals surface area contributed by atoms with Crippen LogP contribution in [0.1, 0.15) is 46.5 Å². The van der Waals surface area contributed by atoms with E-state index in [0.29, 0.717) is 18.0 Å². The van der Waals surface area contributed by atoms with Gasteiger partial charge in [-0.25, -0.2) is 0 Å². The van der Waals surface area contributed by atoms with Crippen LogP contribution in [0.4, 0.5) is 0 Å². The second-order valence-corrected chi connectivity index (χ2v) is 7.11. The number of hydrogen-bond acceptors (Lipinski definition) is 4. The maximum Gasteiger partial charge on any atom is 0.223 e. The summed E-state index contributed by atoms with van der Waals surface area (Å²) in [7, 11) is 0. The van der Waals surface area contributed by atoms with Gasteiger partial charge in [-0.05, 0) is 32.2 Å². The van der Waals surface area contributed by atoms with Crippen LogP contribution in [-0.4, -0.2) is 62.3 Å². The lowest BCUT2D eigenvalue weighted by Crippen LogP contribution is -2.53. The van der Waals surface area contributed by atoms with E-state index in [1.165, 1.54) is 12.8 Å². The lowest BCUT2D eigenvalue weighted by molar-refractivity contribution is -0.126. The zero-order chi connectivity index (χ0) is 16.7. The molecule has 23 heavy (non-hydrogen) atoms. The number of amides is 1. The van der Waals surface area contributed by atoms with E-state index in [-0.39, 0.29) is 11.8 Å². The highest BCUT2D eigenvalue weighted by molar-refractivity contribution is 5.78. The first kappa shape index (κ1) is 18.7. The number of nitrogens with zero attached hydrogens (tertiary/aromatic N) is 1. The number of piperidine rings is 1. The minimum atomic E-state index is 0.179. The number of carbonyl (C=O) groups excluding carboxylic acids is 1. The molecular formula is C18H35N3O2. The van der Waals surface area contributed by atoms with Crippen LogP contribution in [-0.2, 0) is 9.53 Å². The maximum absolute atomic E-state index is 12.5. The Morgan fingerprint density at radius 3 is 2.61 bits per heavy atom. The van der Waals surface area contributed by atoms with Crippen LogP contribution in [0.3, 0.4) is 0 Å². The van der Waals surface area contributed by atoms with E-state index in [1.807, 2.05) is 0 Å². The van der Waals surface area contributed by atoms with Gasteiger partial charge in [-0.3, -0.25) is 9.69 Å². The van der Waals surface area contributed by atoms with Gasteiger partial charge in [0.25, 0.3) is 0 Å². The first-order valence-corrected chi connectivity index (χ1v) is 9.48. The van der Waals surface area contributed by atoms with Crippen LogP contribution in [0.2, 0.25) is 0 Å². The van der Waals surface area contributed by atoms with E-state index in [1.54, 1.807) is 0 Å². The molecule has 5 nitrogen and oxygen atoms in total. The number of carbonyl (C=O) groups is 1. The van der Waals surface area contributed by atoms with Gasteiger partial charge in [0.15, 0.2) is 0 Å². The molecule has 2 aliphatic heterocycles. The second kappa shape index (κ2) is 9.60. The Hall–Kier alpha value is -0.650. The molecule has 5 heteroatoms. The van der Waals surface area contributed by atoms with Crippen molar-refractivity contribution >= 4 is 5.91 Å². The predicted octanol–water partition coefficient (Wildman–Crippen LogP) is 1.63. The van der Waals surface area contributed by atoms with Gasteiger partial charge in [0.05, 0.1) is 13.2 Å². The van der Waals surface area contributed by atoms with Gasteiger partial charge < -0.3 is 15.4 Å². The minimum Gasteiger partial charge on any atom is -0.379 e. The van der Waals surface area contributed by atoms with Crippen LogP contribution in [0, 0.1) is 11.8 Å². The van der Waals surface area contributed by atoms with E-state index in [9.17, 15) is 4.79 Å². The Morgan fingerprint density at radius 2 is 2.00 bits per heavy atom. The smallest absolute Gasteiger partial charge is 0.223 e. The lowest BCUT2D eigenvalue weighted by atomic mass is 9.90. The van der Waals surface area contributed by atoms with Gasteiger partial charge in [0.2, 0.25) is 5.91 Å². The Morgan fingerprint density at radius 1 is 1.30 bits per heavy atom. The van der Waals surface area contributed by atoms with Crippen molar-refractivity contribution in [3.63, 3.8) is 0 Å². The molecule has 1 amide bonds. The number of morpholine rings is 1. The molecule has 2 heterocycles. The Balaban J connectivity index is 1.89. The summed E-state index contributed by atoms with van der Waals surface area (Å²) >= 11 is 0. The Bertz CT molecular complexity index is 354. The maximum atomic E-state index is 12.5. The molecular weight excluding hydrogens is 290 g/mol. The van der Waals surface area contributed by atoms with Gasteiger partial charge in [0.1, 0.15) is 0 Å². The summed E-state index contributed by atoms with van der Waals surface area (Å²) in [4.78, 5) is 15.1. The largest absolute Gasteiger partial charge is 0.379 e. The summed E-state index contributed by atoms with van der Waals surface area (Å²) in [6, 6.07) is 0.894. The number of hydrogen-bond donors (Lipinski definition) is 2. The summed E-state index contributed by atoms with van der Waals surface area (Å²) in [5.41, 5.74) is 0. The van der Waals surface area contributed by atoms with Crippen molar-refractivity contribution in [3.8, 4) is 0 Å². The van der Waals surface area contributed by atoms with Crippen LogP contribution < -0.4 is 10.6 Å².